The second-order valence-corrected chi connectivity index (χ2v) is 2.51. The largest absolute Gasteiger partial charge is 0.464 e. The normalized spacial score (nSPS) is 10.2. The van der Waals surface area contributed by atoms with Gasteiger partial charge in [-0.1, -0.05) is 0 Å². The van der Waals surface area contributed by atoms with Crippen molar-refractivity contribution < 1.29 is 9.90 Å². The van der Waals surface area contributed by atoms with Crippen LogP contribution in [0.5, 0.6) is 0 Å². The monoisotopic (exact) mass is 170 g/mol. The predicted octanol–water partition coefficient (Wildman–Crippen LogP) is 1.35. The lowest BCUT2D eigenvalue weighted by Crippen LogP contribution is -2.13. The van der Waals surface area contributed by atoms with E-state index in [1.807, 2.05) is 22.3 Å². The first-order valence-corrected chi connectivity index (χ1v) is 3.77. The molecule has 0 bridgehead atoms. The summed E-state index contributed by atoms with van der Waals surface area (Å²) in [5.41, 5.74) is 2.77. The Morgan fingerprint density at radius 3 is 3.18 bits per heavy atom. The summed E-state index contributed by atoms with van der Waals surface area (Å²) in [5.74, 6) is 0. The van der Waals surface area contributed by atoms with Crippen molar-refractivity contribution in [3.8, 4) is 0 Å². The minimum Gasteiger partial charge on any atom is -0.464 e. The molecular formula is C6H6N2O2S. The third kappa shape index (κ3) is 2.81. The van der Waals surface area contributed by atoms with Crippen LogP contribution < -0.4 is 5.43 Å². The van der Waals surface area contributed by atoms with Crippen LogP contribution in [0.15, 0.2) is 21.9 Å². The Bertz CT molecular complexity index is 256. The van der Waals surface area contributed by atoms with E-state index in [4.69, 9.17) is 5.11 Å². The molecule has 1 amide bonds. The lowest BCUT2D eigenvalue weighted by molar-refractivity contribution is 0.195. The van der Waals surface area contributed by atoms with Crippen LogP contribution in [0.25, 0.3) is 0 Å². The highest BCUT2D eigenvalue weighted by molar-refractivity contribution is 7.08. The third-order valence-corrected chi connectivity index (χ3v) is 1.62. The second kappa shape index (κ2) is 3.72. The minimum absolute atomic E-state index is 0.892. The van der Waals surface area contributed by atoms with E-state index in [-0.39, 0.29) is 0 Å². The fourth-order valence-corrected chi connectivity index (χ4v) is 1.12. The van der Waals surface area contributed by atoms with Crippen LogP contribution in [0.2, 0.25) is 0 Å². The summed E-state index contributed by atoms with van der Waals surface area (Å²) in [6, 6.07) is 1.84. The number of carboxylic acid groups (broad SMARTS) is 1. The summed E-state index contributed by atoms with van der Waals surface area (Å²) in [6.07, 6.45) is 0.293. The maximum absolute atomic E-state index is 9.91. The predicted molar refractivity (Wildman–Crippen MR) is 43.1 cm³/mol. The molecule has 0 aliphatic rings. The summed E-state index contributed by atoms with van der Waals surface area (Å²) in [7, 11) is 0. The van der Waals surface area contributed by atoms with Gasteiger partial charge in [0.2, 0.25) is 0 Å². The highest BCUT2D eigenvalue weighted by Crippen LogP contribution is 2.01. The van der Waals surface area contributed by atoms with Gasteiger partial charge in [0.05, 0.1) is 6.21 Å². The van der Waals surface area contributed by atoms with Gasteiger partial charge >= 0.3 is 6.09 Å². The average molecular weight is 170 g/mol. The van der Waals surface area contributed by atoms with Gasteiger partial charge in [0, 0.05) is 5.56 Å². The van der Waals surface area contributed by atoms with Crippen LogP contribution in [0.1, 0.15) is 5.56 Å². The lowest BCUT2D eigenvalue weighted by Gasteiger charge is -1.86. The van der Waals surface area contributed by atoms with Crippen LogP contribution in [0.4, 0.5) is 4.79 Å². The van der Waals surface area contributed by atoms with Gasteiger partial charge in [-0.2, -0.15) is 16.4 Å². The molecule has 1 heterocycles. The molecule has 0 atom stereocenters. The summed E-state index contributed by atoms with van der Waals surface area (Å²) in [4.78, 5) is 9.91. The molecule has 0 aliphatic heterocycles. The number of hydrogen-bond donors (Lipinski definition) is 2. The van der Waals surface area contributed by atoms with Crippen molar-refractivity contribution in [1.82, 2.24) is 5.43 Å². The minimum atomic E-state index is -1.16. The molecule has 0 aliphatic carbocycles. The molecule has 5 heteroatoms. The Labute approximate surface area is 67.2 Å². The van der Waals surface area contributed by atoms with E-state index in [0.717, 1.165) is 5.56 Å². The van der Waals surface area contributed by atoms with Crippen LogP contribution in [-0.2, 0) is 0 Å². The van der Waals surface area contributed by atoms with Crippen molar-refractivity contribution in [2.45, 2.75) is 0 Å². The zero-order valence-corrected chi connectivity index (χ0v) is 6.34. The second-order valence-electron chi connectivity index (χ2n) is 1.73. The molecule has 0 saturated heterocycles. The van der Waals surface area contributed by atoms with Crippen LogP contribution in [0.3, 0.4) is 0 Å². The van der Waals surface area contributed by atoms with Crippen molar-refractivity contribution in [2.24, 2.45) is 5.10 Å². The Hall–Kier alpha value is -1.36. The number of rotatable bonds is 2. The van der Waals surface area contributed by atoms with Gasteiger partial charge in [0.15, 0.2) is 0 Å². The van der Waals surface area contributed by atoms with Gasteiger partial charge in [-0.15, -0.1) is 0 Å². The molecule has 0 radical (unpaired) electrons. The lowest BCUT2D eigenvalue weighted by atomic mass is 10.4. The number of hydrogen-bond acceptors (Lipinski definition) is 3. The van der Waals surface area contributed by atoms with Gasteiger partial charge in [0.1, 0.15) is 0 Å². The van der Waals surface area contributed by atoms with Gasteiger partial charge in [-0.3, -0.25) is 0 Å². The summed E-state index contributed by atoms with van der Waals surface area (Å²) in [6.45, 7) is 0. The van der Waals surface area contributed by atoms with Crippen LogP contribution >= 0.6 is 11.3 Å². The summed E-state index contributed by atoms with van der Waals surface area (Å²) < 4.78 is 0. The van der Waals surface area contributed by atoms with E-state index < -0.39 is 6.09 Å². The van der Waals surface area contributed by atoms with E-state index in [0.29, 0.717) is 0 Å². The number of amides is 1. The standard InChI is InChI=1S/C6H6N2O2S/c9-6(10)8-7-3-5-1-2-11-4-5/h1-4,8H,(H,9,10). The van der Waals surface area contributed by atoms with E-state index in [1.54, 1.807) is 0 Å². The quantitative estimate of drug-likeness (QED) is 0.519. The first kappa shape index (κ1) is 7.74. The van der Waals surface area contributed by atoms with Crippen LogP contribution in [-0.4, -0.2) is 17.4 Å². The van der Waals surface area contributed by atoms with Crippen molar-refractivity contribution >= 4 is 23.6 Å². The molecule has 0 fully saturated rings. The highest BCUT2D eigenvalue weighted by atomic mass is 32.1. The maximum atomic E-state index is 9.91. The first-order valence-electron chi connectivity index (χ1n) is 2.83. The van der Waals surface area contributed by atoms with Crippen molar-refractivity contribution in [1.29, 1.82) is 0 Å². The molecule has 0 aromatic carbocycles. The maximum Gasteiger partial charge on any atom is 0.425 e. The third-order valence-electron chi connectivity index (χ3n) is 0.917. The zero-order chi connectivity index (χ0) is 8.10. The number of carbonyl (C=O) groups is 1. The molecule has 58 valence electrons. The summed E-state index contributed by atoms with van der Waals surface area (Å²) in [5, 5.41) is 15.3. The summed E-state index contributed by atoms with van der Waals surface area (Å²) >= 11 is 1.53. The Kier molecular flexibility index (Phi) is 2.62. The molecule has 0 unspecified atom stereocenters. The number of nitrogens with one attached hydrogen (secondary N) is 1. The SMILES string of the molecule is O=C(O)NN=Cc1ccsc1. The Balaban J connectivity index is 2.43. The highest BCUT2D eigenvalue weighted by Gasteiger charge is 1.88. The van der Waals surface area contributed by atoms with Crippen molar-refractivity contribution in [3.05, 3.63) is 22.4 Å². The number of nitrogens with zero attached hydrogens (tertiary/aromatic N) is 1. The molecule has 2 N–H and O–H groups in total. The van der Waals surface area contributed by atoms with Gasteiger partial charge in [-0.05, 0) is 16.8 Å². The molecular weight excluding hydrogens is 164 g/mol. The molecule has 0 saturated carbocycles. The Morgan fingerprint density at radius 1 is 1.82 bits per heavy atom. The van der Waals surface area contributed by atoms with Gasteiger partial charge in [0.25, 0.3) is 0 Å². The molecule has 1 rings (SSSR count). The van der Waals surface area contributed by atoms with Crippen LogP contribution in [0, 0.1) is 0 Å². The molecule has 0 spiro atoms. The topological polar surface area (TPSA) is 61.7 Å². The van der Waals surface area contributed by atoms with E-state index >= 15 is 0 Å². The first-order chi connectivity index (χ1) is 5.29. The molecule has 1 aromatic heterocycles. The van der Waals surface area contributed by atoms with E-state index in [1.165, 1.54) is 17.6 Å². The van der Waals surface area contributed by atoms with Gasteiger partial charge in [-0.25, -0.2) is 10.2 Å². The number of thiophene rings is 1. The average Bonchev–Trinajstić information content (AvgIpc) is 2.39. The fraction of sp³-hybridized carbons (Fsp3) is 0. The number of hydrazone groups is 1. The van der Waals surface area contributed by atoms with E-state index in [9.17, 15) is 4.79 Å². The fourth-order valence-electron chi connectivity index (χ4n) is 0.510. The van der Waals surface area contributed by atoms with Crippen molar-refractivity contribution in [2.75, 3.05) is 0 Å². The Morgan fingerprint density at radius 2 is 2.64 bits per heavy atom. The zero-order valence-electron chi connectivity index (χ0n) is 5.52. The van der Waals surface area contributed by atoms with Crippen molar-refractivity contribution in [3.63, 3.8) is 0 Å². The molecule has 1 aromatic rings. The molecule has 4 nitrogen and oxygen atoms in total. The van der Waals surface area contributed by atoms with E-state index in [2.05, 4.69) is 5.10 Å². The molecule has 11 heavy (non-hydrogen) atoms. The smallest absolute Gasteiger partial charge is 0.425 e. The van der Waals surface area contributed by atoms with Gasteiger partial charge < -0.3 is 5.11 Å².